The number of rotatable bonds is 7. The van der Waals surface area contributed by atoms with Gasteiger partial charge in [-0.25, -0.2) is 0 Å². The Balaban J connectivity index is 1.50. The topological polar surface area (TPSA) is 75.7 Å². The Labute approximate surface area is 175 Å². The van der Waals surface area contributed by atoms with E-state index in [-0.39, 0.29) is 24.8 Å². The van der Waals surface area contributed by atoms with E-state index in [2.05, 4.69) is 5.32 Å². The lowest BCUT2D eigenvalue weighted by molar-refractivity contribution is -0.153. The van der Waals surface area contributed by atoms with E-state index in [1.54, 1.807) is 19.2 Å². The third-order valence-electron chi connectivity index (χ3n) is 4.79. The molecule has 1 atom stereocenters. The summed E-state index contributed by atoms with van der Waals surface area (Å²) >= 11 is 0. The Morgan fingerprint density at radius 3 is 2.37 bits per heavy atom. The standard InChI is InChI=1S/C24H24N2O4/c1-17(24(29)26(2)20-12-4-3-5-13-20)30-23(28)16-25-22(27)15-19-11-8-10-18-9-6-7-14-21(18)19/h3-14,17H,15-16H2,1-2H3,(H,25,27)/t17-/m0/s1. The lowest BCUT2D eigenvalue weighted by Gasteiger charge is -2.21. The van der Waals surface area contributed by atoms with E-state index in [1.165, 1.54) is 11.8 Å². The summed E-state index contributed by atoms with van der Waals surface area (Å²) in [6.45, 7) is 1.22. The molecule has 0 heterocycles. The van der Waals surface area contributed by atoms with E-state index in [9.17, 15) is 14.4 Å². The molecule has 0 radical (unpaired) electrons. The number of carbonyl (C=O) groups is 3. The lowest BCUT2D eigenvalue weighted by Crippen LogP contribution is -2.40. The van der Waals surface area contributed by atoms with Crippen molar-refractivity contribution in [2.75, 3.05) is 18.5 Å². The highest BCUT2D eigenvalue weighted by molar-refractivity contribution is 5.97. The maximum absolute atomic E-state index is 12.4. The van der Waals surface area contributed by atoms with E-state index in [4.69, 9.17) is 4.74 Å². The number of hydrogen-bond donors (Lipinski definition) is 1. The zero-order chi connectivity index (χ0) is 21.5. The number of likely N-dealkylation sites (N-methyl/N-ethyl adjacent to an activating group) is 1. The molecule has 2 amide bonds. The van der Waals surface area contributed by atoms with Crippen molar-refractivity contribution >= 4 is 34.2 Å². The second-order valence-corrected chi connectivity index (χ2v) is 6.96. The number of para-hydroxylation sites is 1. The van der Waals surface area contributed by atoms with Crippen LogP contribution in [0.5, 0.6) is 0 Å². The van der Waals surface area contributed by atoms with Gasteiger partial charge in [-0.2, -0.15) is 0 Å². The van der Waals surface area contributed by atoms with Gasteiger partial charge in [0.15, 0.2) is 6.10 Å². The second-order valence-electron chi connectivity index (χ2n) is 6.96. The molecule has 1 N–H and O–H groups in total. The zero-order valence-electron chi connectivity index (χ0n) is 17.0. The van der Waals surface area contributed by atoms with Crippen molar-refractivity contribution in [2.45, 2.75) is 19.4 Å². The van der Waals surface area contributed by atoms with Crippen molar-refractivity contribution in [1.82, 2.24) is 5.32 Å². The van der Waals surface area contributed by atoms with Crippen molar-refractivity contribution in [3.63, 3.8) is 0 Å². The number of carbonyl (C=O) groups excluding carboxylic acids is 3. The lowest BCUT2D eigenvalue weighted by atomic mass is 10.0. The van der Waals surface area contributed by atoms with Crippen LogP contribution in [0.3, 0.4) is 0 Å². The minimum absolute atomic E-state index is 0.153. The van der Waals surface area contributed by atoms with E-state index < -0.39 is 12.1 Å². The summed E-state index contributed by atoms with van der Waals surface area (Å²) in [5, 5.41) is 4.62. The maximum Gasteiger partial charge on any atom is 0.326 e. The summed E-state index contributed by atoms with van der Waals surface area (Å²) < 4.78 is 5.18. The average molecular weight is 404 g/mol. The second kappa shape index (κ2) is 9.69. The molecule has 0 fully saturated rings. The predicted molar refractivity (Wildman–Crippen MR) is 116 cm³/mol. The molecule has 0 aliphatic heterocycles. The first-order valence-electron chi connectivity index (χ1n) is 9.71. The van der Waals surface area contributed by atoms with Gasteiger partial charge in [-0.05, 0) is 35.4 Å². The maximum atomic E-state index is 12.4. The van der Waals surface area contributed by atoms with Crippen LogP contribution in [0.2, 0.25) is 0 Å². The first-order chi connectivity index (χ1) is 14.5. The molecular weight excluding hydrogens is 380 g/mol. The molecule has 154 valence electrons. The van der Waals surface area contributed by atoms with Crippen LogP contribution in [-0.4, -0.2) is 37.5 Å². The molecule has 0 saturated carbocycles. The van der Waals surface area contributed by atoms with Gasteiger partial charge in [0.05, 0.1) is 6.42 Å². The van der Waals surface area contributed by atoms with Gasteiger partial charge in [0.1, 0.15) is 6.54 Å². The molecule has 6 nitrogen and oxygen atoms in total. The smallest absolute Gasteiger partial charge is 0.326 e. The fourth-order valence-electron chi connectivity index (χ4n) is 3.19. The van der Waals surface area contributed by atoms with Crippen LogP contribution in [0.25, 0.3) is 10.8 Å². The predicted octanol–water partition coefficient (Wildman–Crippen LogP) is 3.09. The molecule has 3 aromatic carbocycles. The Kier molecular flexibility index (Phi) is 6.80. The normalized spacial score (nSPS) is 11.5. The van der Waals surface area contributed by atoms with Crippen molar-refractivity contribution < 1.29 is 19.1 Å². The molecule has 0 bridgehead atoms. The molecule has 0 aromatic heterocycles. The molecule has 0 saturated heterocycles. The number of nitrogens with one attached hydrogen (secondary N) is 1. The molecule has 0 aliphatic rings. The summed E-state index contributed by atoms with van der Waals surface area (Å²) in [5.74, 6) is -1.30. The van der Waals surface area contributed by atoms with Gasteiger partial charge in [0.2, 0.25) is 5.91 Å². The molecule has 3 rings (SSSR count). The van der Waals surface area contributed by atoms with Gasteiger partial charge in [0, 0.05) is 12.7 Å². The highest BCUT2D eigenvalue weighted by atomic mass is 16.5. The Bertz CT molecular complexity index is 1040. The number of benzene rings is 3. The van der Waals surface area contributed by atoms with Gasteiger partial charge in [-0.15, -0.1) is 0 Å². The van der Waals surface area contributed by atoms with Gasteiger partial charge in [-0.3, -0.25) is 14.4 Å². The number of hydrogen-bond acceptors (Lipinski definition) is 4. The van der Waals surface area contributed by atoms with E-state index in [0.717, 1.165) is 16.3 Å². The van der Waals surface area contributed by atoms with E-state index in [0.29, 0.717) is 5.69 Å². The van der Waals surface area contributed by atoms with Crippen molar-refractivity contribution in [3.05, 3.63) is 78.4 Å². The number of ether oxygens (including phenoxy) is 1. The zero-order valence-corrected chi connectivity index (χ0v) is 17.0. The summed E-state index contributed by atoms with van der Waals surface area (Å²) in [4.78, 5) is 38.2. The van der Waals surface area contributed by atoms with E-state index >= 15 is 0 Å². The highest BCUT2D eigenvalue weighted by Gasteiger charge is 2.22. The Morgan fingerprint density at radius 1 is 0.933 bits per heavy atom. The van der Waals surface area contributed by atoms with Crippen LogP contribution in [0, 0.1) is 0 Å². The number of amides is 2. The molecule has 6 heteroatoms. The largest absolute Gasteiger partial charge is 0.451 e. The minimum atomic E-state index is -0.960. The molecule has 30 heavy (non-hydrogen) atoms. The van der Waals surface area contributed by atoms with Crippen molar-refractivity contribution in [2.24, 2.45) is 0 Å². The van der Waals surface area contributed by atoms with Gasteiger partial charge < -0.3 is 15.0 Å². The summed E-state index contributed by atoms with van der Waals surface area (Å²) in [6.07, 6.45) is -0.808. The van der Waals surface area contributed by atoms with Crippen molar-refractivity contribution in [1.29, 1.82) is 0 Å². The fraction of sp³-hybridized carbons (Fsp3) is 0.208. The van der Waals surface area contributed by atoms with Crippen LogP contribution in [0.4, 0.5) is 5.69 Å². The third kappa shape index (κ3) is 5.23. The molecule has 3 aromatic rings. The monoisotopic (exact) mass is 404 g/mol. The van der Waals surface area contributed by atoms with Gasteiger partial charge in [0.25, 0.3) is 5.91 Å². The molecular formula is C24H24N2O4. The summed E-state index contributed by atoms with van der Waals surface area (Å²) in [7, 11) is 1.62. The fourth-order valence-corrected chi connectivity index (χ4v) is 3.19. The van der Waals surface area contributed by atoms with Crippen LogP contribution in [-0.2, 0) is 25.5 Å². The van der Waals surface area contributed by atoms with Gasteiger partial charge >= 0.3 is 5.97 Å². The van der Waals surface area contributed by atoms with Crippen LogP contribution >= 0.6 is 0 Å². The van der Waals surface area contributed by atoms with Crippen molar-refractivity contribution in [3.8, 4) is 0 Å². The van der Waals surface area contributed by atoms with Crippen LogP contribution in [0.15, 0.2) is 72.8 Å². The first kappa shape index (κ1) is 21.0. The summed E-state index contributed by atoms with van der Waals surface area (Å²) in [6, 6.07) is 22.7. The number of nitrogens with zero attached hydrogens (tertiary/aromatic N) is 1. The Hall–Kier alpha value is -3.67. The average Bonchev–Trinajstić information content (AvgIpc) is 2.77. The van der Waals surface area contributed by atoms with E-state index in [1.807, 2.05) is 60.7 Å². The van der Waals surface area contributed by atoms with Crippen LogP contribution < -0.4 is 10.2 Å². The minimum Gasteiger partial charge on any atom is -0.451 e. The summed E-state index contributed by atoms with van der Waals surface area (Å²) in [5.41, 5.74) is 1.58. The Morgan fingerprint density at radius 2 is 1.60 bits per heavy atom. The number of esters is 1. The molecule has 0 aliphatic carbocycles. The first-order valence-corrected chi connectivity index (χ1v) is 9.71. The molecule has 0 spiro atoms. The van der Waals surface area contributed by atoms with Crippen LogP contribution in [0.1, 0.15) is 12.5 Å². The number of fused-ring (bicyclic) bond motifs is 1. The SMILES string of the molecule is C[C@H](OC(=O)CNC(=O)Cc1cccc2ccccc12)C(=O)N(C)c1ccccc1. The third-order valence-corrected chi connectivity index (χ3v) is 4.79. The highest BCUT2D eigenvalue weighted by Crippen LogP contribution is 2.18. The quantitative estimate of drug-likeness (QED) is 0.614. The van der Waals surface area contributed by atoms with Gasteiger partial charge in [-0.1, -0.05) is 60.7 Å². The molecule has 0 unspecified atom stereocenters. The number of anilines is 1.